The molecule has 2 heterocycles. The first-order valence-corrected chi connectivity index (χ1v) is 12.3. The molecule has 0 aliphatic heterocycles. The van der Waals surface area contributed by atoms with Gasteiger partial charge in [0.1, 0.15) is 11.1 Å². The standard InChI is InChI=1S/C27H25N3OS/c28-18-20-17-19-9-3-1-2-4-12-23(19)29-27(20)32-16-15-26(31)30-24-13-7-5-10-21(24)22-11-6-8-14-25(22)30/h5-8,10-11,13-14,17H,1-4,9,12,15-16H2. The SMILES string of the molecule is N#Cc1cc2c(nc1SCCC(=O)n1c3ccccc3c3ccccc31)CCCCCC2. The number of rotatable bonds is 4. The van der Waals surface area contributed by atoms with E-state index < -0.39 is 0 Å². The first-order valence-electron chi connectivity index (χ1n) is 11.3. The van der Waals surface area contributed by atoms with Crippen molar-refractivity contribution in [1.29, 1.82) is 5.26 Å². The van der Waals surface area contributed by atoms with Crippen LogP contribution in [0.4, 0.5) is 0 Å². The third kappa shape index (κ3) is 3.91. The largest absolute Gasteiger partial charge is 0.280 e. The number of fused-ring (bicyclic) bond motifs is 4. The minimum atomic E-state index is 0.0691. The van der Waals surface area contributed by atoms with Crippen molar-refractivity contribution >= 4 is 39.5 Å². The van der Waals surface area contributed by atoms with Crippen molar-refractivity contribution in [2.24, 2.45) is 0 Å². The summed E-state index contributed by atoms with van der Waals surface area (Å²) in [6, 6.07) is 20.5. The second kappa shape index (κ2) is 9.18. The summed E-state index contributed by atoms with van der Waals surface area (Å²) in [6.07, 6.45) is 7.20. The lowest BCUT2D eigenvalue weighted by Crippen LogP contribution is -2.11. The molecule has 2 aromatic heterocycles. The smallest absolute Gasteiger partial charge is 0.232 e. The van der Waals surface area contributed by atoms with E-state index in [0.717, 1.165) is 51.8 Å². The fraction of sp³-hybridized carbons (Fsp3) is 0.296. The van der Waals surface area contributed by atoms with Crippen molar-refractivity contribution in [3.63, 3.8) is 0 Å². The fourth-order valence-corrected chi connectivity index (χ4v) is 5.60. The van der Waals surface area contributed by atoms with Crippen LogP contribution in [0.25, 0.3) is 21.8 Å². The van der Waals surface area contributed by atoms with Gasteiger partial charge in [0.15, 0.2) is 0 Å². The molecule has 5 heteroatoms. The second-order valence-corrected chi connectivity index (χ2v) is 9.42. The Balaban J connectivity index is 1.38. The third-order valence-electron chi connectivity index (χ3n) is 6.27. The predicted molar refractivity (Wildman–Crippen MR) is 130 cm³/mol. The lowest BCUT2D eigenvalue weighted by atomic mass is 9.96. The number of nitriles is 1. The topological polar surface area (TPSA) is 58.7 Å². The molecule has 32 heavy (non-hydrogen) atoms. The molecule has 0 saturated carbocycles. The van der Waals surface area contributed by atoms with Crippen LogP contribution >= 0.6 is 11.8 Å². The number of carbonyl (C=O) groups excluding carboxylic acids is 1. The van der Waals surface area contributed by atoms with E-state index in [1.807, 2.05) is 47.0 Å². The minimum absolute atomic E-state index is 0.0691. The highest BCUT2D eigenvalue weighted by Crippen LogP contribution is 2.30. The van der Waals surface area contributed by atoms with E-state index in [9.17, 15) is 10.1 Å². The Labute approximate surface area is 192 Å². The number of thioether (sulfide) groups is 1. The molecule has 0 fully saturated rings. The van der Waals surface area contributed by atoms with Crippen molar-refractivity contribution in [2.45, 2.75) is 50.0 Å². The Morgan fingerprint density at radius 1 is 0.969 bits per heavy atom. The molecule has 0 bridgehead atoms. The Hall–Kier alpha value is -3.10. The van der Waals surface area contributed by atoms with Gasteiger partial charge in [-0.1, -0.05) is 49.2 Å². The maximum Gasteiger partial charge on any atom is 0.232 e. The summed E-state index contributed by atoms with van der Waals surface area (Å²) in [7, 11) is 0. The number of nitrogens with zero attached hydrogens (tertiary/aromatic N) is 3. The number of pyridine rings is 1. The number of benzene rings is 2. The lowest BCUT2D eigenvalue weighted by molar-refractivity contribution is 0.0920. The first-order chi connectivity index (χ1) is 15.8. The zero-order valence-corrected chi connectivity index (χ0v) is 18.8. The number of carbonyl (C=O) groups is 1. The summed E-state index contributed by atoms with van der Waals surface area (Å²) < 4.78 is 1.84. The highest BCUT2D eigenvalue weighted by atomic mass is 32.2. The van der Waals surface area contributed by atoms with Crippen LogP contribution in [0.1, 0.15) is 53.7 Å². The molecule has 0 amide bonds. The van der Waals surface area contributed by atoms with Crippen LogP contribution in [0.2, 0.25) is 0 Å². The van der Waals surface area contributed by atoms with Crippen molar-refractivity contribution in [3.8, 4) is 6.07 Å². The molecule has 4 nitrogen and oxygen atoms in total. The van der Waals surface area contributed by atoms with Gasteiger partial charge >= 0.3 is 0 Å². The molecular formula is C27H25N3OS. The van der Waals surface area contributed by atoms with E-state index >= 15 is 0 Å². The molecular weight excluding hydrogens is 414 g/mol. The lowest BCUT2D eigenvalue weighted by Gasteiger charge is -2.15. The maximum atomic E-state index is 13.3. The minimum Gasteiger partial charge on any atom is -0.280 e. The summed E-state index contributed by atoms with van der Waals surface area (Å²) >= 11 is 1.53. The molecule has 1 aliphatic carbocycles. The van der Waals surface area contributed by atoms with Gasteiger partial charge in [0, 0.05) is 28.6 Å². The fourth-order valence-electron chi connectivity index (χ4n) is 4.70. The number of hydrogen-bond acceptors (Lipinski definition) is 4. The van der Waals surface area contributed by atoms with Crippen LogP contribution in [0.3, 0.4) is 0 Å². The van der Waals surface area contributed by atoms with Gasteiger partial charge in [-0.05, 0) is 49.4 Å². The number of hydrogen-bond donors (Lipinski definition) is 0. The molecule has 5 rings (SSSR count). The molecule has 0 spiro atoms. The first kappa shape index (κ1) is 20.8. The van der Waals surface area contributed by atoms with Crippen LogP contribution in [0, 0.1) is 11.3 Å². The molecule has 0 saturated heterocycles. The Kier molecular flexibility index (Phi) is 5.96. The van der Waals surface area contributed by atoms with Crippen molar-refractivity contribution < 1.29 is 4.79 Å². The van der Waals surface area contributed by atoms with E-state index in [-0.39, 0.29) is 5.91 Å². The Morgan fingerprint density at radius 2 is 1.62 bits per heavy atom. The van der Waals surface area contributed by atoms with E-state index in [1.165, 1.54) is 36.6 Å². The molecule has 0 N–H and O–H groups in total. The average molecular weight is 440 g/mol. The molecule has 0 atom stereocenters. The summed E-state index contributed by atoms with van der Waals surface area (Å²) in [4.78, 5) is 18.1. The average Bonchev–Trinajstić information content (AvgIpc) is 3.14. The van der Waals surface area contributed by atoms with Crippen molar-refractivity contribution in [1.82, 2.24) is 9.55 Å². The molecule has 0 radical (unpaired) electrons. The van der Waals surface area contributed by atoms with E-state index in [0.29, 0.717) is 17.7 Å². The normalized spacial score (nSPS) is 14.0. The van der Waals surface area contributed by atoms with E-state index in [2.05, 4.69) is 18.2 Å². The monoisotopic (exact) mass is 439 g/mol. The van der Waals surface area contributed by atoms with Crippen LogP contribution < -0.4 is 0 Å². The Morgan fingerprint density at radius 3 is 2.31 bits per heavy atom. The van der Waals surface area contributed by atoms with Crippen molar-refractivity contribution in [2.75, 3.05) is 5.75 Å². The predicted octanol–water partition coefficient (Wildman–Crippen LogP) is 6.54. The third-order valence-corrected chi connectivity index (χ3v) is 7.26. The van der Waals surface area contributed by atoms with Crippen LogP contribution in [0.15, 0.2) is 59.6 Å². The summed E-state index contributed by atoms with van der Waals surface area (Å²) in [5.41, 5.74) is 4.90. The molecule has 1 aliphatic rings. The molecule has 4 aromatic rings. The summed E-state index contributed by atoms with van der Waals surface area (Å²) in [5, 5.41) is 12.6. The second-order valence-electron chi connectivity index (χ2n) is 8.33. The summed E-state index contributed by atoms with van der Waals surface area (Å²) in [5.74, 6) is 0.666. The quantitative estimate of drug-likeness (QED) is 0.339. The highest BCUT2D eigenvalue weighted by Gasteiger charge is 2.17. The number of para-hydroxylation sites is 2. The number of aromatic nitrogens is 2. The van der Waals surface area contributed by atoms with Gasteiger partial charge in [0.05, 0.1) is 16.6 Å². The van der Waals surface area contributed by atoms with Gasteiger partial charge in [-0.15, -0.1) is 11.8 Å². The van der Waals surface area contributed by atoms with Crippen LogP contribution in [-0.2, 0) is 12.8 Å². The van der Waals surface area contributed by atoms with Crippen LogP contribution in [-0.4, -0.2) is 21.2 Å². The summed E-state index contributed by atoms with van der Waals surface area (Å²) in [6.45, 7) is 0. The number of aryl methyl sites for hydroxylation is 2. The molecule has 2 aromatic carbocycles. The van der Waals surface area contributed by atoms with Gasteiger partial charge in [0.2, 0.25) is 5.91 Å². The Bertz CT molecular complexity index is 1300. The highest BCUT2D eigenvalue weighted by molar-refractivity contribution is 7.99. The molecule has 160 valence electrons. The molecule has 0 unspecified atom stereocenters. The van der Waals surface area contributed by atoms with Gasteiger partial charge in [-0.3, -0.25) is 9.36 Å². The van der Waals surface area contributed by atoms with Crippen LogP contribution in [0.5, 0.6) is 0 Å². The van der Waals surface area contributed by atoms with Gasteiger partial charge in [-0.2, -0.15) is 5.26 Å². The zero-order valence-electron chi connectivity index (χ0n) is 18.0. The van der Waals surface area contributed by atoms with E-state index in [1.54, 1.807) is 0 Å². The zero-order chi connectivity index (χ0) is 21.9. The maximum absolute atomic E-state index is 13.3. The van der Waals surface area contributed by atoms with Crippen molar-refractivity contribution in [3.05, 3.63) is 71.4 Å². The van der Waals surface area contributed by atoms with Gasteiger partial charge in [0.25, 0.3) is 0 Å². The van der Waals surface area contributed by atoms with Gasteiger partial charge < -0.3 is 0 Å². The van der Waals surface area contributed by atoms with E-state index in [4.69, 9.17) is 4.98 Å². The van der Waals surface area contributed by atoms with Gasteiger partial charge in [-0.25, -0.2) is 4.98 Å².